The minimum Gasteiger partial charge on any atom is -0.237 e. The van der Waals surface area contributed by atoms with Gasteiger partial charge in [-0.2, -0.15) is 0 Å². The average molecular weight is 163 g/mol. The highest BCUT2D eigenvalue weighted by atomic mass is 16.2. The quantitative estimate of drug-likeness (QED) is 0.608. The van der Waals surface area contributed by atoms with E-state index in [0.29, 0.717) is 0 Å². The number of aryl methyl sites for hydroxylation is 2. The summed E-state index contributed by atoms with van der Waals surface area (Å²) < 4.78 is 0. The lowest BCUT2D eigenvalue weighted by Crippen LogP contribution is -1.90. The van der Waals surface area contributed by atoms with Crippen LogP contribution in [0.25, 0.3) is 0 Å². The van der Waals surface area contributed by atoms with Crippen molar-refractivity contribution in [2.75, 3.05) is 6.61 Å². The standard InChI is InChI=1S/C11H15O/c1-10-6-2-3-7-11(10)8-4-5-9-12/h2-3,6-7H,4-5,8-9H2,1H3. The van der Waals surface area contributed by atoms with E-state index in [2.05, 4.69) is 25.1 Å². The molecule has 1 radical (unpaired) electrons. The third-order valence-corrected chi connectivity index (χ3v) is 2.10. The van der Waals surface area contributed by atoms with Crippen molar-refractivity contribution in [1.29, 1.82) is 0 Å². The maximum Gasteiger partial charge on any atom is 0.0822 e. The second-order valence-corrected chi connectivity index (χ2v) is 3.09. The Hall–Kier alpha value is -0.820. The van der Waals surface area contributed by atoms with Gasteiger partial charge in [0.25, 0.3) is 0 Å². The van der Waals surface area contributed by atoms with E-state index >= 15 is 0 Å². The van der Waals surface area contributed by atoms with Gasteiger partial charge in [-0.1, -0.05) is 24.3 Å². The second kappa shape index (κ2) is 4.94. The minimum atomic E-state index is 0.0614. The molecule has 0 aliphatic rings. The third-order valence-electron chi connectivity index (χ3n) is 2.10. The van der Waals surface area contributed by atoms with Crippen LogP contribution in [0.4, 0.5) is 0 Å². The topological polar surface area (TPSA) is 19.9 Å². The molecule has 1 aromatic carbocycles. The fourth-order valence-corrected chi connectivity index (χ4v) is 1.31. The van der Waals surface area contributed by atoms with Gasteiger partial charge in [0.15, 0.2) is 0 Å². The number of unbranched alkanes of at least 4 members (excludes halogenated alkanes) is 1. The van der Waals surface area contributed by atoms with Crippen molar-refractivity contribution in [3.63, 3.8) is 0 Å². The van der Waals surface area contributed by atoms with Crippen LogP contribution in [0.15, 0.2) is 24.3 Å². The summed E-state index contributed by atoms with van der Waals surface area (Å²) >= 11 is 0. The molecule has 1 heteroatoms. The second-order valence-electron chi connectivity index (χ2n) is 3.09. The number of hydrogen-bond donors (Lipinski definition) is 0. The largest absolute Gasteiger partial charge is 0.237 e. The van der Waals surface area contributed by atoms with Crippen molar-refractivity contribution in [3.05, 3.63) is 35.4 Å². The molecule has 12 heavy (non-hydrogen) atoms. The van der Waals surface area contributed by atoms with Crippen molar-refractivity contribution in [1.82, 2.24) is 0 Å². The molecule has 1 nitrogen and oxygen atoms in total. The smallest absolute Gasteiger partial charge is 0.0822 e. The Labute approximate surface area is 74.1 Å². The Morgan fingerprint density at radius 2 is 1.92 bits per heavy atom. The highest BCUT2D eigenvalue weighted by Crippen LogP contribution is 2.10. The number of rotatable bonds is 4. The SMILES string of the molecule is Cc1ccccc1CCCC[O]. The van der Waals surface area contributed by atoms with Crippen molar-refractivity contribution >= 4 is 0 Å². The van der Waals surface area contributed by atoms with Gasteiger partial charge < -0.3 is 0 Å². The van der Waals surface area contributed by atoms with Crippen LogP contribution in [-0.2, 0) is 11.5 Å². The molecule has 1 rings (SSSR count). The van der Waals surface area contributed by atoms with E-state index in [4.69, 9.17) is 0 Å². The van der Waals surface area contributed by atoms with Crippen LogP contribution >= 0.6 is 0 Å². The Morgan fingerprint density at radius 3 is 2.58 bits per heavy atom. The maximum atomic E-state index is 10.2. The molecule has 0 saturated heterocycles. The van der Waals surface area contributed by atoms with Gasteiger partial charge in [0.2, 0.25) is 0 Å². The van der Waals surface area contributed by atoms with Crippen LogP contribution in [0.2, 0.25) is 0 Å². The van der Waals surface area contributed by atoms with Crippen molar-refractivity contribution in [3.8, 4) is 0 Å². The van der Waals surface area contributed by atoms with Crippen LogP contribution in [0.3, 0.4) is 0 Å². The van der Waals surface area contributed by atoms with Gasteiger partial charge >= 0.3 is 0 Å². The van der Waals surface area contributed by atoms with Crippen molar-refractivity contribution in [2.45, 2.75) is 26.2 Å². The van der Waals surface area contributed by atoms with E-state index in [9.17, 15) is 5.11 Å². The van der Waals surface area contributed by atoms with Crippen LogP contribution in [-0.4, -0.2) is 6.61 Å². The summed E-state index contributed by atoms with van der Waals surface area (Å²) in [6.07, 6.45) is 2.87. The summed E-state index contributed by atoms with van der Waals surface area (Å²) in [5, 5.41) is 10.2. The van der Waals surface area contributed by atoms with Crippen LogP contribution < -0.4 is 0 Å². The monoisotopic (exact) mass is 163 g/mol. The fraction of sp³-hybridized carbons (Fsp3) is 0.455. The molecule has 0 heterocycles. The van der Waals surface area contributed by atoms with Gasteiger partial charge in [-0.15, -0.1) is 0 Å². The summed E-state index contributed by atoms with van der Waals surface area (Å²) in [6, 6.07) is 8.36. The van der Waals surface area contributed by atoms with E-state index < -0.39 is 0 Å². The van der Waals surface area contributed by atoms with Gasteiger partial charge in [0.1, 0.15) is 0 Å². The van der Waals surface area contributed by atoms with Crippen LogP contribution in [0.5, 0.6) is 0 Å². The Kier molecular flexibility index (Phi) is 3.81. The molecule has 0 fully saturated rings. The maximum absolute atomic E-state index is 10.2. The van der Waals surface area contributed by atoms with E-state index in [-0.39, 0.29) is 6.61 Å². The van der Waals surface area contributed by atoms with Crippen LogP contribution in [0, 0.1) is 6.92 Å². The fourth-order valence-electron chi connectivity index (χ4n) is 1.31. The Balaban J connectivity index is 2.46. The van der Waals surface area contributed by atoms with Gasteiger partial charge in [-0.25, -0.2) is 5.11 Å². The predicted octanol–water partition coefficient (Wildman–Crippen LogP) is 2.75. The van der Waals surface area contributed by atoms with Crippen molar-refractivity contribution < 1.29 is 5.11 Å². The molecule has 1 aromatic rings. The number of hydrogen-bond acceptors (Lipinski definition) is 0. The molecule has 0 amide bonds. The Bertz CT molecular complexity index is 230. The molecule has 0 saturated carbocycles. The first-order chi connectivity index (χ1) is 5.84. The van der Waals surface area contributed by atoms with E-state index in [1.165, 1.54) is 11.1 Å². The lowest BCUT2D eigenvalue weighted by Gasteiger charge is -2.03. The highest BCUT2D eigenvalue weighted by molar-refractivity contribution is 5.25. The Morgan fingerprint density at radius 1 is 1.17 bits per heavy atom. The van der Waals surface area contributed by atoms with E-state index in [0.717, 1.165) is 19.3 Å². The normalized spacial score (nSPS) is 10.2. The first-order valence-electron chi connectivity index (χ1n) is 4.47. The summed E-state index contributed by atoms with van der Waals surface area (Å²) in [7, 11) is 0. The van der Waals surface area contributed by atoms with E-state index in [1.807, 2.05) is 6.07 Å². The lowest BCUT2D eigenvalue weighted by molar-refractivity contribution is 0.187. The third kappa shape index (κ3) is 2.67. The zero-order valence-electron chi connectivity index (χ0n) is 7.55. The van der Waals surface area contributed by atoms with Gasteiger partial charge in [0, 0.05) is 0 Å². The molecular weight excluding hydrogens is 148 g/mol. The van der Waals surface area contributed by atoms with E-state index in [1.54, 1.807) is 0 Å². The number of benzene rings is 1. The first kappa shape index (κ1) is 9.27. The molecule has 0 N–H and O–H groups in total. The molecule has 0 spiro atoms. The molecule has 65 valence electrons. The summed E-state index contributed by atoms with van der Waals surface area (Å²) in [4.78, 5) is 0. The molecule has 0 unspecified atom stereocenters. The zero-order chi connectivity index (χ0) is 8.81. The van der Waals surface area contributed by atoms with Gasteiger partial charge in [-0.3, -0.25) is 0 Å². The first-order valence-corrected chi connectivity index (χ1v) is 4.47. The summed E-state index contributed by atoms with van der Waals surface area (Å²) in [5.74, 6) is 0. The molecule has 0 atom stereocenters. The molecular formula is C11H15O. The minimum absolute atomic E-state index is 0.0614. The molecule has 0 aliphatic carbocycles. The summed E-state index contributed by atoms with van der Waals surface area (Å²) in [6.45, 7) is 2.18. The molecule has 0 aromatic heterocycles. The van der Waals surface area contributed by atoms with Crippen LogP contribution in [0.1, 0.15) is 24.0 Å². The summed E-state index contributed by atoms with van der Waals surface area (Å²) in [5.41, 5.74) is 2.72. The van der Waals surface area contributed by atoms with Gasteiger partial charge in [0.05, 0.1) is 6.61 Å². The van der Waals surface area contributed by atoms with Gasteiger partial charge in [-0.05, 0) is 37.3 Å². The molecule has 0 aliphatic heterocycles. The van der Waals surface area contributed by atoms with Crippen molar-refractivity contribution in [2.24, 2.45) is 0 Å². The predicted molar refractivity (Wildman–Crippen MR) is 49.7 cm³/mol. The lowest BCUT2D eigenvalue weighted by atomic mass is 10.0. The average Bonchev–Trinajstić information content (AvgIpc) is 2.09. The zero-order valence-corrected chi connectivity index (χ0v) is 7.55. The molecule has 0 bridgehead atoms. The highest BCUT2D eigenvalue weighted by Gasteiger charge is 1.95.